The van der Waals surface area contributed by atoms with Gasteiger partial charge in [0.2, 0.25) is 0 Å². The Balaban J connectivity index is 1.90. The molecule has 2 aromatic heterocycles. The van der Waals surface area contributed by atoms with Crippen molar-refractivity contribution >= 4 is 65.4 Å². The monoisotopic (exact) mass is 372 g/mol. The van der Waals surface area contributed by atoms with E-state index in [4.69, 9.17) is 11.6 Å². The zero-order valence-corrected chi connectivity index (χ0v) is 14.4. The van der Waals surface area contributed by atoms with Crippen LogP contribution in [0.4, 0.5) is 5.13 Å². The van der Waals surface area contributed by atoms with Gasteiger partial charge in [0, 0.05) is 6.26 Å². The van der Waals surface area contributed by atoms with E-state index in [1.165, 1.54) is 28.7 Å². The summed E-state index contributed by atoms with van der Waals surface area (Å²) in [5.74, 6) is -0.292. The number of thiazole rings is 1. The van der Waals surface area contributed by atoms with Crippen LogP contribution < -0.4 is 5.32 Å². The summed E-state index contributed by atoms with van der Waals surface area (Å²) in [6, 6.07) is 7.97. The summed E-state index contributed by atoms with van der Waals surface area (Å²) in [4.78, 5) is 17.0. The Kier molecular flexibility index (Phi) is 3.94. The summed E-state index contributed by atoms with van der Waals surface area (Å²) in [5.41, 5.74) is 0.636. The summed E-state index contributed by atoms with van der Waals surface area (Å²) >= 11 is 8.20. The maximum atomic E-state index is 12.0. The third-order valence-electron chi connectivity index (χ3n) is 2.81. The van der Waals surface area contributed by atoms with Crippen LogP contribution in [-0.4, -0.2) is 25.6 Å². The smallest absolute Gasteiger partial charge is 0.267 e. The standard InChI is InChI=1S/C13H9ClN2O3S3/c1-22(18,19)7-2-3-8-10(6-7)21-13(15-8)16-12(17)9-4-5-11(14)20-9/h2-6H,1H3,(H,15,16,17). The number of benzene rings is 1. The molecule has 0 saturated carbocycles. The third kappa shape index (κ3) is 3.14. The minimum atomic E-state index is -3.27. The molecular weight excluding hydrogens is 364 g/mol. The van der Waals surface area contributed by atoms with Crippen LogP contribution in [0, 0.1) is 0 Å². The number of hydrogen-bond donors (Lipinski definition) is 1. The van der Waals surface area contributed by atoms with Gasteiger partial charge in [-0.05, 0) is 30.3 Å². The number of nitrogens with zero attached hydrogens (tertiary/aromatic N) is 1. The number of thiophene rings is 1. The Hall–Kier alpha value is -1.48. The van der Waals surface area contributed by atoms with Gasteiger partial charge in [-0.25, -0.2) is 13.4 Å². The molecule has 0 aliphatic rings. The van der Waals surface area contributed by atoms with Gasteiger partial charge in [-0.1, -0.05) is 22.9 Å². The number of anilines is 1. The van der Waals surface area contributed by atoms with Crippen LogP contribution >= 0.6 is 34.3 Å². The van der Waals surface area contributed by atoms with Gasteiger partial charge in [0.05, 0.1) is 24.3 Å². The first kappa shape index (κ1) is 15.4. The van der Waals surface area contributed by atoms with Gasteiger partial charge in [0.1, 0.15) is 0 Å². The second kappa shape index (κ2) is 5.62. The molecule has 0 aliphatic heterocycles. The normalized spacial score (nSPS) is 11.7. The van der Waals surface area contributed by atoms with Crippen molar-refractivity contribution in [2.45, 2.75) is 4.90 Å². The number of aromatic nitrogens is 1. The zero-order valence-electron chi connectivity index (χ0n) is 11.2. The van der Waals surface area contributed by atoms with Crippen molar-refractivity contribution in [1.29, 1.82) is 0 Å². The molecule has 0 fully saturated rings. The van der Waals surface area contributed by atoms with E-state index in [0.717, 1.165) is 6.26 Å². The molecular formula is C13H9ClN2O3S3. The highest BCUT2D eigenvalue weighted by Gasteiger charge is 2.14. The van der Waals surface area contributed by atoms with Gasteiger partial charge in [-0.2, -0.15) is 0 Å². The van der Waals surface area contributed by atoms with Crippen LogP contribution in [-0.2, 0) is 9.84 Å². The molecule has 114 valence electrons. The molecule has 0 bridgehead atoms. The molecule has 0 radical (unpaired) electrons. The van der Waals surface area contributed by atoms with Crippen molar-refractivity contribution in [2.24, 2.45) is 0 Å². The van der Waals surface area contributed by atoms with E-state index >= 15 is 0 Å². The molecule has 2 heterocycles. The van der Waals surface area contributed by atoms with Crippen molar-refractivity contribution in [1.82, 2.24) is 4.98 Å². The van der Waals surface area contributed by atoms with Crippen molar-refractivity contribution < 1.29 is 13.2 Å². The average Bonchev–Trinajstić information content (AvgIpc) is 3.02. The Morgan fingerprint density at radius 2 is 2.00 bits per heavy atom. The van der Waals surface area contributed by atoms with E-state index < -0.39 is 9.84 Å². The van der Waals surface area contributed by atoms with Gasteiger partial charge in [0.25, 0.3) is 5.91 Å². The second-order valence-electron chi connectivity index (χ2n) is 4.48. The quantitative estimate of drug-likeness (QED) is 0.761. The van der Waals surface area contributed by atoms with Crippen molar-refractivity contribution in [3.63, 3.8) is 0 Å². The second-order valence-corrected chi connectivity index (χ2v) is 9.24. The van der Waals surface area contributed by atoms with E-state index in [1.807, 2.05) is 0 Å². The highest BCUT2D eigenvalue weighted by molar-refractivity contribution is 7.90. The van der Waals surface area contributed by atoms with Gasteiger partial charge in [-0.3, -0.25) is 10.1 Å². The lowest BCUT2D eigenvalue weighted by Crippen LogP contribution is -2.09. The van der Waals surface area contributed by atoms with E-state index in [-0.39, 0.29) is 10.8 Å². The fraction of sp³-hybridized carbons (Fsp3) is 0.0769. The molecule has 5 nitrogen and oxygen atoms in total. The lowest BCUT2D eigenvalue weighted by atomic mass is 10.3. The van der Waals surface area contributed by atoms with Crippen LogP contribution in [0.25, 0.3) is 10.2 Å². The first-order valence-corrected chi connectivity index (χ1v) is 9.90. The van der Waals surface area contributed by atoms with Crippen LogP contribution in [0.5, 0.6) is 0 Å². The molecule has 0 saturated heterocycles. The Bertz CT molecular complexity index is 976. The highest BCUT2D eigenvalue weighted by atomic mass is 35.5. The lowest BCUT2D eigenvalue weighted by Gasteiger charge is -1.96. The van der Waals surface area contributed by atoms with Crippen LogP contribution in [0.2, 0.25) is 4.34 Å². The summed E-state index contributed by atoms with van der Waals surface area (Å²) in [7, 11) is -3.27. The fourth-order valence-corrected chi connectivity index (χ4v) is 4.34. The molecule has 0 aliphatic carbocycles. The molecule has 0 unspecified atom stereocenters. The van der Waals surface area contributed by atoms with E-state index in [0.29, 0.717) is 24.6 Å². The molecule has 22 heavy (non-hydrogen) atoms. The topological polar surface area (TPSA) is 76.1 Å². The number of halogens is 1. The number of nitrogens with one attached hydrogen (secondary N) is 1. The minimum absolute atomic E-state index is 0.228. The summed E-state index contributed by atoms with van der Waals surface area (Å²) in [6.07, 6.45) is 1.15. The summed E-state index contributed by atoms with van der Waals surface area (Å²) < 4.78 is 24.3. The molecule has 1 aromatic carbocycles. The number of carbonyl (C=O) groups is 1. The molecule has 3 aromatic rings. The molecule has 1 N–H and O–H groups in total. The summed E-state index contributed by atoms with van der Waals surface area (Å²) in [6.45, 7) is 0. The molecule has 3 rings (SSSR count). The van der Waals surface area contributed by atoms with Crippen LogP contribution in [0.3, 0.4) is 0 Å². The first-order valence-electron chi connectivity index (χ1n) is 6.00. The van der Waals surface area contributed by atoms with Gasteiger partial charge in [-0.15, -0.1) is 11.3 Å². The molecule has 9 heteroatoms. The largest absolute Gasteiger partial charge is 0.297 e. The number of fused-ring (bicyclic) bond motifs is 1. The Morgan fingerprint density at radius 3 is 2.64 bits per heavy atom. The van der Waals surface area contributed by atoms with Crippen molar-refractivity contribution in [3.05, 3.63) is 39.5 Å². The number of sulfone groups is 1. The highest BCUT2D eigenvalue weighted by Crippen LogP contribution is 2.29. The third-order valence-corrected chi connectivity index (χ3v) is 6.08. The van der Waals surface area contributed by atoms with E-state index in [9.17, 15) is 13.2 Å². The van der Waals surface area contributed by atoms with Crippen molar-refractivity contribution in [3.8, 4) is 0 Å². The van der Waals surface area contributed by atoms with Crippen molar-refractivity contribution in [2.75, 3.05) is 11.6 Å². The SMILES string of the molecule is CS(=O)(=O)c1ccc2nc(NC(=O)c3ccc(Cl)s3)sc2c1. The summed E-state index contributed by atoms with van der Waals surface area (Å²) in [5, 5.41) is 3.10. The number of rotatable bonds is 3. The number of amides is 1. The van der Waals surface area contributed by atoms with Crippen LogP contribution in [0.1, 0.15) is 9.67 Å². The van der Waals surface area contributed by atoms with Gasteiger partial charge < -0.3 is 0 Å². The predicted molar refractivity (Wildman–Crippen MR) is 90.0 cm³/mol. The Morgan fingerprint density at radius 1 is 1.23 bits per heavy atom. The Labute approximate surface area is 139 Å². The number of carbonyl (C=O) groups excluding carboxylic acids is 1. The first-order chi connectivity index (χ1) is 10.3. The molecule has 1 amide bonds. The molecule has 0 atom stereocenters. The van der Waals surface area contributed by atoms with Crippen LogP contribution in [0.15, 0.2) is 35.2 Å². The van der Waals surface area contributed by atoms with E-state index in [1.54, 1.807) is 24.3 Å². The minimum Gasteiger partial charge on any atom is -0.297 e. The molecule has 0 spiro atoms. The maximum absolute atomic E-state index is 12.0. The van der Waals surface area contributed by atoms with Gasteiger partial charge >= 0.3 is 0 Å². The predicted octanol–water partition coefficient (Wildman–Crippen LogP) is 3.67. The lowest BCUT2D eigenvalue weighted by molar-refractivity contribution is 0.103. The van der Waals surface area contributed by atoms with Gasteiger partial charge in [0.15, 0.2) is 15.0 Å². The number of hydrogen-bond acceptors (Lipinski definition) is 6. The van der Waals surface area contributed by atoms with E-state index in [2.05, 4.69) is 10.3 Å². The fourth-order valence-electron chi connectivity index (χ4n) is 1.78. The maximum Gasteiger partial charge on any atom is 0.267 e. The average molecular weight is 373 g/mol. The zero-order chi connectivity index (χ0) is 15.9.